The van der Waals surface area contributed by atoms with Gasteiger partial charge in [0.2, 0.25) is 5.91 Å². The summed E-state index contributed by atoms with van der Waals surface area (Å²) in [6.07, 6.45) is 0.793. The smallest absolute Gasteiger partial charge is 0.224 e. The van der Waals surface area contributed by atoms with E-state index in [4.69, 9.17) is 16.3 Å². The third kappa shape index (κ3) is 5.08. The Morgan fingerprint density at radius 1 is 1.19 bits per heavy atom. The molecule has 0 aliphatic heterocycles. The summed E-state index contributed by atoms with van der Waals surface area (Å²) in [7, 11) is 0. The zero-order valence-corrected chi connectivity index (χ0v) is 12.1. The van der Waals surface area contributed by atoms with Crippen molar-refractivity contribution in [3.8, 4) is 5.75 Å². The molecule has 2 aromatic carbocycles. The SMILES string of the molecule is O=C(CCCOc1ccccc1)Nc1cc(Cl)ccc1F. The number of halogens is 2. The van der Waals surface area contributed by atoms with Crippen LogP contribution in [0.25, 0.3) is 0 Å². The molecule has 1 amide bonds. The lowest BCUT2D eigenvalue weighted by Crippen LogP contribution is -2.13. The molecule has 0 aliphatic carbocycles. The molecule has 2 rings (SSSR count). The first-order valence-electron chi connectivity index (χ1n) is 6.58. The van der Waals surface area contributed by atoms with E-state index in [1.807, 2.05) is 30.3 Å². The Morgan fingerprint density at radius 3 is 2.71 bits per heavy atom. The van der Waals surface area contributed by atoms with Crippen LogP contribution in [0.15, 0.2) is 48.5 Å². The zero-order valence-electron chi connectivity index (χ0n) is 11.3. The first-order valence-corrected chi connectivity index (χ1v) is 6.96. The number of carbonyl (C=O) groups is 1. The van der Waals surface area contributed by atoms with Crippen molar-refractivity contribution in [1.29, 1.82) is 0 Å². The van der Waals surface area contributed by atoms with Crippen molar-refractivity contribution in [3.05, 3.63) is 59.4 Å². The summed E-state index contributed by atoms with van der Waals surface area (Å²) in [5.41, 5.74) is 0.0940. The van der Waals surface area contributed by atoms with Crippen LogP contribution >= 0.6 is 11.6 Å². The summed E-state index contributed by atoms with van der Waals surface area (Å²) < 4.78 is 18.9. The van der Waals surface area contributed by atoms with E-state index in [9.17, 15) is 9.18 Å². The Balaban J connectivity index is 1.74. The predicted molar refractivity (Wildman–Crippen MR) is 81.2 cm³/mol. The normalized spacial score (nSPS) is 10.2. The summed E-state index contributed by atoms with van der Waals surface area (Å²) in [5.74, 6) is -0.0140. The molecular formula is C16H15ClFNO2. The predicted octanol–water partition coefficient (Wildman–Crippen LogP) is 4.28. The van der Waals surface area contributed by atoms with Crippen molar-refractivity contribution in [2.75, 3.05) is 11.9 Å². The maximum Gasteiger partial charge on any atom is 0.224 e. The molecule has 0 heterocycles. The van der Waals surface area contributed by atoms with Crippen LogP contribution in [0.5, 0.6) is 5.75 Å². The fraction of sp³-hybridized carbons (Fsp3) is 0.188. The second-order valence-electron chi connectivity index (χ2n) is 4.44. The monoisotopic (exact) mass is 307 g/mol. The number of para-hydroxylation sites is 1. The van der Waals surface area contributed by atoms with Crippen LogP contribution in [0.2, 0.25) is 5.02 Å². The molecule has 1 N–H and O–H groups in total. The van der Waals surface area contributed by atoms with Gasteiger partial charge in [0.1, 0.15) is 11.6 Å². The van der Waals surface area contributed by atoms with E-state index in [1.165, 1.54) is 18.2 Å². The van der Waals surface area contributed by atoms with E-state index < -0.39 is 5.82 Å². The van der Waals surface area contributed by atoms with E-state index in [0.717, 1.165) is 5.75 Å². The van der Waals surface area contributed by atoms with Crippen LogP contribution in [0.1, 0.15) is 12.8 Å². The molecule has 0 saturated heterocycles. The maximum absolute atomic E-state index is 13.4. The molecule has 0 unspecified atom stereocenters. The van der Waals surface area contributed by atoms with Crippen LogP contribution in [-0.4, -0.2) is 12.5 Å². The van der Waals surface area contributed by atoms with Gasteiger partial charge in [0, 0.05) is 11.4 Å². The fourth-order valence-electron chi connectivity index (χ4n) is 1.75. The van der Waals surface area contributed by atoms with Crippen molar-refractivity contribution in [2.24, 2.45) is 0 Å². The zero-order chi connectivity index (χ0) is 15.1. The minimum atomic E-state index is -0.506. The van der Waals surface area contributed by atoms with Crippen LogP contribution < -0.4 is 10.1 Å². The molecule has 0 bridgehead atoms. The van der Waals surface area contributed by atoms with Crippen molar-refractivity contribution >= 4 is 23.2 Å². The first kappa shape index (κ1) is 15.3. The average molecular weight is 308 g/mol. The molecule has 3 nitrogen and oxygen atoms in total. The summed E-state index contributed by atoms with van der Waals surface area (Å²) in [5, 5.41) is 2.87. The molecule has 0 atom stereocenters. The molecule has 2 aromatic rings. The number of amides is 1. The highest BCUT2D eigenvalue weighted by Crippen LogP contribution is 2.19. The Bertz CT molecular complexity index is 604. The highest BCUT2D eigenvalue weighted by molar-refractivity contribution is 6.30. The standard InChI is InChI=1S/C16H15ClFNO2/c17-12-8-9-14(18)15(11-12)19-16(20)7-4-10-21-13-5-2-1-3-6-13/h1-3,5-6,8-9,11H,4,7,10H2,(H,19,20). The van der Waals surface area contributed by atoms with Gasteiger partial charge in [0.15, 0.2) is 0 Å². The molecule has 21 heavy (non-hydrogen) atoms. The lowest BCUT2D eigenvalue weighted by Gasteiger charge is -2.08. The van der Waals surface area contributed by atoms with Gasteiger partial charge in [-0.15, -0.1) is 0 Å². The van der Waals surface area contributed by atoms with E-state index in [1.54, 1.807) is 0 Å². The number of hydrogen-bond acceptors (Lipinski definition) is 2. The van der Waals surface area contributed by atoms with Crippen LogP contribution in [0.4, 0.5) is 10.1 Å². The van der Waals surface area contributed by atoms with Gasteiger partial charge < -0.3 is 10.1 Å². The number of anilines is 1. The fourth-order valence-corrected chi connectivity index (χ4v) is 1.92. The van der Waals surface area contributed by atoms with Crippen molar-refractivity contribution < 1.29 is 13.9 Å². The van der Waals surface area contributed by atoms with Gasteiger partial charge in [-0.2, -0.15) is 0 Å². The van der Waals surface area contributed by atoms with Crippen molar-refractivity contribution in [3.63, 3.8) is 0 Å². The van der Waals surface area contributed by atoms with Gasteiger partial charge in [-0.1, -0.05) is 29.8 Å². The van der Waals surface area contributed by atoms with Crippen molar-refractivity contribution in [1.82, 2.24) is 0 Å². The third-order valence-electron chi connectivity index (χ3n) is 2.76. The highest BCUT2D eigenvalue weighted by Gasteiger charge is 2.07. The van der Waals surface area contributed by atoms with Crippen LogP contribution in [0, 0.1) is 5.82 Å². The number of rotatable bonds is 6. The maximum atomic E-state index is 13.4. The van der Waals surface area contributed by atoms with E-state index >= 15 is 0 Å². The van der Waals surface area contributed by atoms with Crippen LogP contribution in [0.3, 0.4) is 0 Å². The Kier molecular flexibility index (Phi) is 5.58. The largest absolute Gasteiger partial charge is 0.494 e. The van der Waals surface area contributed by atoms with Gasteiger partial charge in [-0.05, 0) is 36.8 Å². The number of benzene rings is 2. The Labute approximate surface area is 127 Å². The first-order chi connectivity index (χ1) is 10.1. The second kappa shape index (κ2) is 7.64. The number of carbonyl (C=O) groups excluding carboxylic acids is 1. The van der Waals surface area contributed by atoms with Gasteiger partial charge in [0.05, 0.1) is 12.3 Å². The minimum Gasteiger partial charge on any atom is -0.494 e. The van der Waals surface area contributed by atoms with Gasteiger partial charge >= 0.3 is 0 Å². The lowest BCUT2D eigenvalue weighted by atomic mass is 10.2. The van der Waals surface area contributed by atoms with Crippen LogP contribution in [-0.2, 0) is 4.79 Å². The third-order valence-corrected chi connectivity index (χ3v) is 3.00. The number of ether oxygens (including phenoxy) is 1. The molecule has 0 aliphatic rings. The van der Waals surface area contributed by atoms with Gasteiger partial charge in [-0.25, -0.2) is 4.39 Å². The van der Waals surface area contributed by atoms with E-state index in [2.05, 4.69) is 5.32 Å². The number of nitrogens with one attached hydrogen (secondary N) is 1. The molecule has 5 heteroatoms. The molecule has 0 spiro atoms. The highest BCUT2D eigenvalue weighted by atomic mass is 35.5. The summed E-state index contributed by atoms with van der Waals surface area (Å²) in [4.78, 5) is 11.7. The molecule has 0 aromatic heterocycles. The molecular weight excluding hydrogens is 293 g/mol. The molecule has 0 radical (unpaired) electrons. The van der Waals surface area contributed by atoms with Gasteiger partial charge in [-0.3, -0.25) is 4.79 Å². The molecule has 0 saturated carbocycles. The van der Waals surface area contributed by atoms with E-state index in [-0.39, 0.29) is 18.0 Å². The molecule has 110 valence electrons. The summed E-state index contributed by atoms with van der Waals surface area (Å²) in [6.45, 7) is 0.426. The lowest BCUT2D eigenvalue weighted by molar-refractivity contribution is -0.116. The van der Waals surface area contributed by atoms with E-state index in [0.29, 0.717) is 18.1 Å². The topological polar surface area (TPSA) is 38.3 Å². The Morgan fingerprint density at radius 2 is 1.95 bits per heavy atom. The summed E-state index contributed by atoms with van der Waals surface area (Å²) >= 11 is 5.76. The second-order valence-corrected chi connectivity index (χ2v) is 4.87. The summed E-state index contributed by atoms with van der Waals surface area (Å²) in [6, 6.07) is 13.4. The van der Waals surface area contributed by atoms with Crippen molar-refractivity contribution in [2.45, 2.75) is 12.8 Å². The molecule has 0 fully saturated rings. The minimum absolute atomic E-state index is 0.0940. The Hall–Kier alpha value is -2.07. The average Bonchev–Trinajstić information content (AvgIpc) is 2.48. The van der Waals surface area contributed by atoms with Gasteiger partial charge in [0.25, 0.3) is 0 Å². The quantitative estimate of drug-likeness (QED) is 0.809. The number of hydrogen-bond donors (Lipinski definition) is 1.